The van der Waals surface area contributed by atoms with Crippen molar-refractivity contribution in [1.29, 1.82) is 0 Å². The second-order valence-corrected chi connectivity index (χ2v) is 6.10. The molecular weight excluding hydrogens is 264 g/mol. The van der Waals surface area contributed by atoms with Crippen LogP contribution in [0.15, 0.2) is 30.3 Å². The fourth-order valence-electron chi connectivity index (χ4n) is 2.14. The van der Waals surface area contributed by atoms with Gasteiger partial charge < -0.3 is 10.4 Å². The molecule has 0 spiro atoms. The molecule has 0 aliphatic heterocycles. The first-order chi connectivity index (χ1) is 9.85. The van der Waals surface area contributed by atoms with E-state index in [1.807, 2.05) is 56.1 Å². The van der Waals surface area contributed by atoms with Crippen LogP contribution in [0.25, 0.3) is 0 Å². The Morgan fingerprint density at radius 1 is 1.38 bits per heavy atom. The smallest absolute Gasteiger partial charge is 0.234 e. The first-order valence-corrected chi connectivity index (χ1v) is 7.56. The highest BCUT2D eigenvalue weighted by atomic mass is 16.3. The normalized spacial score (nSPS) is 15.5. The molecule has 118 valence electrons. The van der Waals surface area contributed by atoms with Crippen LogP contribution in [-0.4, -0.2) is 41.7 Å². The molecule has 0 aliphatic carbocycles. The Hall–Kier alpha value is -1.39. The zero-order chi connectivity index (χ0) is 15.9. The minimum atomic E-state index is -0.859. The average Bonchev–Trinajstić information content (AvgIpc) is 2.45. The van der Waals surface area contributed by atoms with Crippen molar-refractivity contribution in [2.75, 3.05) is 20.1 Å². The maximum Gasteiger partial charge on any atom is 0.234 e. The molecule has 0 fully saturated rings. The molecule has 2 atom stereocenters. The molecule has 4 nitrogen and oxygen atoms in total. The van der Waals surface area contributed by atoms with Crippen molar-refractivity contribution in [2.45, 2.75) is 39.3 Å². The fourth-order valence-corrected chi connectivity index (χ4v) is 2.14. The Morgan fingerprint density at radius 3 is 2.57 bits per heavy atom. The highest BCUT2D eigenvalue weighted by Crippen LogP contribution is 2.18. The Kier molecular flexibility index (Phi) is 6.85. The predicted molar refractivity (Wildman–Crippen MR) is 85.9 cm³/mol. The van der Waals surface area contributed by atoms with Gasteiger partial charge in [0.2, 0.25) is 5.91 Å². The van der Waals surface area contributed by atoms with E-state index in [4.69, 9.17) is 0 Å². The van der Waals surface area contributed by atoms with Crippen molar-refractivity contribution in [3.63, 3.8) is 0 Å². The highest BCUT2D eigenvalue weighted by molar-refractivity contribution is 5.78. The van der Waals surface area contributed by atoms with Gasteiger partial charge in [0.25, 0.3) is 0 Å². The summed E-state index contributed by atoms with van der Waals surface area (Å²) in [6.45, 7) is 7.15. The van der Waals surface area contributed by atoms with Gasteiger partial charge in [-0.3, -0.25) is 9.69 Å². The van der Waals surface area contributed by atoms with E-state index < -0.39 is 5.60 Å². The van der Waals surface area contributed by atoms with E-state index in [9.17, 15) is 9.90 Å². The van der Waals surface area contributed by atoms with Gasteiger partial charge in [0.05, 0.1) is 12.1 Å². The molecule has 0 saturated carbocycles. The number of carbonyl (C=O) groups is 1. The van der Waals surface area contributed by atoms with Crippen LogP contribution in [0.2, 0.25) is 0 Å². The molecule has 0 bridgehead atoms. The molecular formula is C17H28N2O2. The highest BCUT2D eigenvalue weighted by Gasteiger charge is 2.27. The van der Waals surface area contributed by atoms with Crippen LogP contribution in [0.4, 0.5) is 0 Å². The van der Waals surface area contributed by atoms with Crippen LogP contribution >= 0.6 is 0 Å². The van der Waals surface area contributed by atoms with E-state index >= 15 is 0 Å². The summed E-state index contributed by atoms with van der Waals surface area (Å²) >= 11 is 0. The Morgan fingerprint density at radius 2 is 2.00 bits per heavy atom. The summed E-state index contributed by atoms with van der Waals surface area (Å²) < 4.78 is 0. The van der Waals surface area contributed by atoms with Crippen LogP contribution in [0, 0.1) is 5.92 Å². The number of amides is 1. The zero-order valence-electron chi connectivity index (χ0n) is 13.6. The molecule has 4 heteroatoms. The van der Waals surface area contributed by atoms with Crippen LogP contribution in [-0.2, 0) is 11.3 Å². The standard InChI is InChI=1S/C17H28N2O2/c1-5-14(2)17(3,21)13-18-16(20)12-19(4)11-15-9-7-6-8-10-15/h6-10,14,21H,5,11-13H2,1-4H3,(H,18,20). The maximum absolute atomic E-state index is 11.9. The summed E-state index contributed by atoms with van der Waals surface area (Å²) in [5.41, 5.74) is 0.321. The topological polar surface area (TPSA) is 52.6 Å². The molecule has 0 heterocycles. The molecule has 0 aromatic heterocycles. The zero-order valence-corrected chi connectivity index (χ0v) is 13.6. The average molecular weight is 292 g/mol. The molecule has 0 aliphatic rings. The number of carbonyl (C=O) groups excluding carboxylic acids is 1. The first-order valence-electron chi connectivity index (χ1n) is 7.56. The molecule has 0 radical (unpaired) electrons. The van der Waals surface area contributed by atoms with Gasteiger partial charge >= 0.3 is 0 Å². The predicted octanol–water partition coefficient (Wildman–Crippen LogP) is 2.03. The first kappa shape index (κ1) is 17.7. The van der Waals surface area contributed by atoms with Crippen molar-refractivity contribution < 1.29 is 9.90 Å². The lowest BCUT2D eigenvalue weighted by Crippen LogP contribution is -2.47. The molecule has 1 aromatic carbocycles. The second kappa shape index (κ2) is 8.15. The lowest BCUT2D eigenvalue weighted by molar-refractivity contribution is -0.123. The molecule has 2 N–H and O–H groups in total. The van der Waals surface area contributed by atoms with Crippen LogP contribution in [0.3, 0.4) is 0 Å². The van der Waals surface area contributed by atoms with Gasteiger partial charge in [0.1, 0.15) is 0 Å². The minimum Gasteiger partial charge on any atom is -0.388 e. The van der Waals surface area contributed by atoms with Crippen molar-refractivity contribution in [3.05, 3.63) is 35.9 Å². The Labute approximate surface area is 128 Å². The fraction of sp³-hybridized carbons (Fsp3) is 0.588. The maximum atomic E-state index is 11.9. The largest absolute Gasteiger partial charge is 0.388 e. The third kappa shape index (κ3) is 6.27. The molecule has 1 rings (SSSR count). The third-order valence-electron chi connectivity index (χ3n) is 4.03. The molecule has 2 unspecified atom stereocenters. The van der Waals surface area contributed by atoms with E-state index in [1.165, 1.54) is 5.56 Å². The Balaban J connectivity index is 2.36. The third-order valence-corrected chi connectivity index (χ3v) is 4.03. The van der Waals surface area contributed by atoms with E-state index in [-0.39, 0.29) is 11.8 Å². The quantitative estimate of drug-likeness (QED) is 0.771. The van der Waals surface area contributed by atoms with Gasteiger partial charge in [-0.1, -0.05) is 50.6 Å². The second-order valence-electron chi connectivity index (χ2n) is 6.10. The van der Waals surface area contributed by atoms with Crippen LogP contribution in [0.5, 0.6) is 0 Å². The number of hydrogen-bond donors (Lipinski definition) is 2. The van der Waals surface area contributed by atoms with Gasteiger partial charge in [0, 0.05) is 13.1 Å². The molecule has 1 aromatic rings. The number of aliphatic hydroxyl groups is 1. The van der Waals surface area contributed by atoms with Gasteiger partial charge in [-0.15, -0.1) is 0 Å². The summed E-state index contributed by atoms with van der Waals surface area (Å²) in [6.07, 6.45) is 0.886. The van der Waals surface area contributed by atoms with Crippen LogP contribution in [0.1, 0.15) is 32.8 Å². The monoisotopic (exact) mass is 292 g/mol. The van der Waals surface area contributed by atoms with Crippen molar-refractivity contribution in [1.82, 2.24) is 10.2 Å². The van der Waals surface area contributed by atoms with Crippen molar-refractivity contribution in [3.8, 4) is 0 Å². The van der Waals surface area contributed by atoms with Gasteiger partial charge in [-0.25, -0.2) is 0 Å². The minimum absolute atomic E-state index is 0.0583. The SMILES string of the molecule is CCC(C)C(C)(O)CNC(=O)CN(C)Cc1ccccc1. The Bertz CT molecular complexity index is 432. The number of rotatable bonds is 8. The molecule has 0 saturated heterocycles. The lowest BCUT2D eigenvalue weighted by Gasteiger charge is -2.30. The summed E-state index contributed by atoms with van der Waals surface area (Å²) in [7, 11) is 1.92. The number of nitrogens with zero attached hydrogens (tertiary/aromatic N) is 1. The summed E-state index contributed by atoms with van der Waals surface area (Å²) in [4.78, 5) is 13.9. The van der Waals surface area contributed by atoms with E-state index in [0.717, 1.165) is 13.0 Å². The number of likely N-dealkylation sites (N-methyl/N-ethyl adjacent to an activating group) is 1. The van der Waals surface area contributed by atoms with E-state index in [0.29, 0.717) is 13.1 Å². The number of hydrogen-bond acceptors (Lipinski definition) is 3. The summed E-state index contributed by atoms with van der Waals surface area (Å²) in [5.74, 6) is 0.0943. The van der Waals surface area contributed by atoms with Gasteiger partial charge in [-0.2, -0.15) is 0 Å². The van der Waals surface area contributed by atoms with Gasteiger partial charge in [-0.05, 0) is 25.5 Å². The van der Waals surface area contributed by atoms with Gasteiger partial charge in [0.15, 0.2) is 0 Å². The summed E-state index contributed by atoms with van der Waals surface area (Å²) in [5, 5.41) is 13.1. The number of nitrogens with one attached hydrogen (secondary N) is 1. The molecule has 21 heavy (non-hydrogen) atoms. The van der Waals surface area contributed by atoms with Crippen molar-refractivity contribution >= 4 is 5.91 Å². The lowest BCUT2D eigenvalue weighted by atomic mass is 9.89. The molecule has 1 amide bonds. The van der Waals surface area contributed by atoms with Crippen LogP contribution < -0.4 is 5.32 Å². The summed E-state index contributed by atoms with van der Waals surface area (Å²) in [6, 6.07) is 10.1. The van der Waals surface area contributed by atoms with Crippen molar-refractivity contribution in [2.24, 2.45) is 5.92 Å². The van der Waals surface area contributed by atoms with E-state index in [1.54, 1.807) is 6.92 Å². The van der Waals surface area contributed by atoms with E-state index in [2.05, 4.69) is 5.32 Å². The number of benzene rings is 1.